The SMILES string of the molecule is Cc1ccccc1-c1[nH][nH]c(=O)c1CC(=O)O. The van der Waals surface area contributed by atoms with Gasteiger partial charge in [-0.2, -0.15) is 0 Å². The molecule has 0 amide bonds. The molecule has 0 atom stereocenters. The summed E-state index contributed by atoms with van der Waals surface area (Å²) in [4.78, 5) is 22.2. The van der Waals surface area contributed by atoms with E-state index in [-0.39, 0.29) is 17.5 Å². The highest BCUT2D eigenvalue weighted by Gasteiger charge is 2.15. The minimum absolute atomic E-state index is 0.256. The lowest BCUT2D eigenvalue weighted by Gasteiger charge is -2.04. The fourth-order valence-electron chi connectivity index (χ4n) is 1.79. The van der Waals surface area contributed by atoms with E-state index in [4.69, 9.17) is 5.11 Å². The topological polar surface area (TPSA) is 86.0 Å². The molecule has 0 fully saturated rings. The maximum Gasteiger partial charge on any atom is 0.308 e. The summed E-state index contributed by atoms with van der Waals surface area (Å²) in [6.07, 6.45) is -0.289. The summed E-state index contributed by atoms with van der Waals surface area (Å²) in [5.74, 6) is -1.02. The number of aromatic amines is 2. The number of aliphatic carboxylic acids is 1. The number of carboxylic acid groups (broad SMARTS) is 1. The van der Waals surface area contributed by atoms with Crippen molar-refractivity contribution in [1.82, 2.24) is 10.2 Å². The first-order valence-corrected chi connectivity index (χ1v) is 5.17. The number of carboxylic acids is 1. The number of benzene rings is 1. The molecule has 0 bridgehead atoms. The van der Waals surface area contributed by atoms with Gasteiger partial charge in [-0.15, -0.1) is 0 Å². The van der Waals surface area contributed by atoms with Crippen molar-refractivity contribution in [2.75, 3.05) is 0 Å². The van der Waals surface area contributed by atoms with Crippen LogP contribution >= 0.6 is 0 Å². The van der Waals surface area contributed by atoms with Crippen molar-refractivity contribution in [2.24, 2.45) is 0 Å². The highest BCUT2D eigenvalue weighted by Crippen LogP contribution is 2.22. The quantitative estimate of drug-likeness (QED) is 0.745. The highest BCUT2D eigenvalue weighted by atomic mass is 16.4. The van der Waals surface area contributed by atoms with Crippen LogP contribution in [-0.4, -0.2) is 21.3 Å². The van der Waals surface area contributed by atoms with Crippen LogP contribution in [0.2, 0.25) is 0 Å². The van der Waals surface area contributed by atoms with Crippen LogP contribution in [0, 0.1) is 6.92 Å². The third-order valence-electron chi connectivity index (χ3n) is 2.62. The number of hydrogen-bond acceptors (Lipinski definition) is 2. The van der Waals surface area contributed by atoms with Crippen LogP contribution in [0.25, 0.3) is 11.3 Å². The van der Waals surface area contributed by atoms with Crippen LogP contribution in [-0.2, 0) is 11.2 Å². The van der Waals surface area contributed by atoms with Gasteiger partial charge in [0.2, 0.25) is 0 Å². The largest absolute Gasteiger partial charge is 0.481 e. The van der Waals surface area contributed by atoms with E-state index in [0.29, 0.717) is 5.69 Å². The van der Waals surface area contributed by atoms with E-state index in [0.717, 1.165) is 11.1 Å². The molecule has 0 unspecified atom stereocenters. The summed E-state index contributed by atoms with van der Waals surface area (Å²) in [6, 6.07) is 7.49. The number of hydrogen-bond donors (Lipinski definition) is 3. The molecule has 0 spiro atoms. The van der Waals surface area contributed by atoms with Gasteiger partial charge in [0, 0.05) is 5.56 Å². The van der Waals surface area contributed by atoms with E-state index in [2.05, 4.69) is 10.2 Å². The third kappa shape index (κ3) is 2.13. The Morgan fingerprint density at radius 1 is 1.29 bits per heavy atom. The molecule has 0 aliphatic heterocycles. The van der Waals surface area contributed by atoms with Crippen molar-refractivity contribution in [1.29, 1.82) is 0 Å². The zero-order chi connectivity index (χ0) is 12.4. The lowest BCUT2D eigenvalue weighted by atomic mass is 10.0. The van der Waals surface area contributed by atoms with Gasteiger partial charge >= 0.3 is 5.97 Å². The van der Waals surface area contributed by atoms with Crippen molar-refractivity contribution >= 4 is 5.97 Å². The Kier molecular flexibility index (Phi) is 2.82. The smallest absolute Gasteiger partial charge is 0.308 e. The van der Waals surface area contributed by atoms with Crippen molar-refractivity contribution in [3.63, 3.8) is 0 Å². The molecule has 0 aliphatic rings. The molecule has 2 aromatic rings. The molecule has 0 saturated carbocycles. The second-order valence-electron chi connectivity index (χ2n) is 3.82. The van der Waals surface area contributed by atoms with E-state index >= 15 is 0 Å². The predicted molar refractivity (Wildman–Crippen MR) is 62.9 cm³/mol. The standard InChI is InChI=1S/C12H12N2O3/c1-7-4-2-3-5-8(7)11-9(6-10(15)16)12(17)14-13-11/h2-5H,6H2,1H3,(H,15,16)(H2,13,14,17). The van der Waals surface area contributed by atoms with Crippen molar-refractivity contribution < 1.29 is 9.90 Å². The Labute approximate surface area is 97.1 Å². The van der Waals surface area contributed by atoms with E-state index in [9.17, 15) is 9.59 Å². The minimum atomic E-state index is -1.02. The average Bonchev–Trinajstić information content (AvgIpc) is 2.61. The molecule has 2 rings (SSSR count). The maximum atomic E-state index is 11.5. The number of aromatic nitrogens is 2. The fraction of sp³-hybridized carbons (Fsp3) is 0.167. The van der Waals surface area contributed by atoms with Gasteiger partial charge in [-0.1, -0.05) is 24.3 Å². The number of rotatable bonds is 3. The highest BCUT2D eigenvalue weighted by molar-refractivity contribution is 5.75. The second kappa shape index (κ2) is 4.29. The minimum Gasteiger partial charge on any atom is -0.481 e. The van der Waals surface area contributed by atoms with E-state index < -0.39 is 5.97 Å². The molecule has 5 heteroatoms. The van der Waals surface area contributed by atoms with Crippen LogP contribution < -0.4 is 5.56 Å². The summed E-state index contributed by atoms with van der Waals surface area (Å²) >= 11 is 0. The Balaban J connectivity index is 2.57. The van der Waals surface area contributed by atoms with E-state index in [1.54, 1.807) is 0 Å². The monoisotopic (exact) mass is 232 g/mol. The molecule has 17 heavy (non-hydrogen) atoms. The van der Waals surface area contributed by atoms with Crippen LogP contribution in [0.1, 0.15) is 11.1 Å². The fourth-order valence-corrected chi connectivity index (χ4v) is 1.79. The Morgan fingerprint density at radius 3 is 2.65 bits per heavy atom. The molecular formula is C12H12N2O3. The first kappa shape index (κ1) is 11.2. The van der Waals surface area contributed by atoms with Gasteiger partial charge in [0.25, 0.3) is 5.56 Å². The summed E-state index contributed by atoms with van der Waals surface area (Å²) in [5, 5.41) is 13.9. The van der Waals surface area contributed by atoms with Gasteiger partial charge in [-0.05, 0) is 12.5 Å². The van der Waals surface area contributed by atoms with Crippen LogP contribution in [0.3, 0.4) is 0 Å². The molecule has 1 aromatic carbocycles. The van der Waals surface area contributed by atoms with E-state index in [1.165, 1.54) is 0 Å². The first-order chi connectivity index (χ1) is 8.09. The Hall–Kier alpha value is -2.30. The third-order valence-corrected chi connectivity index (χ3v) is 2.62. The summed E-state index contributed by atoms with van der Waals surface area (Å²) < 4.78 is 0. The summed E-state index contributed by atoms with van der Waals surface area (Å²) in [6.45, 7) is 1.91. The molecule has 0 saturated heterocycles. The van der Waals surface area contributed by atoms with E-state index in [1.807, 2.05) is 31.2 Å². The van der Waals surface area contributed by atoms with Gasteiger partial charge in [0.15, 0.2) is 0 Å². The lowest BCUT2D eigenvalue weighted by Crippen LogP contribution is -2.11. The van der Waals surface area contributed by atoms with Crippen LogP contribution in [0.15, 0.2) is 29.1 Å². The van der Waals surface area contributed by atoms with Gasteiger partial charge in [0.05, 0.1) is 17.7 Å². The molecular weight excluding hydrogens is 220 g/mol. The molecule has 3 N–H and O–H groups in total. The average molecular weight is 232 g/mol. The zero-order valence-electron chi connectivity index (χ0n) is 9.28. The first-order valence-electron chi connectivity index (χ1n) is 5.17. The molecule has 5 nitrogen and oxygen atoms in total. The molecule has 0 aliphatic carbocycles. The number of carbonyl (C=O) groups is 1. The number of aryl methyl sites for hydroxylation is 1. The Morgan fingerprint density at radius 2 is 2.00 bits per heavy atom. The molecule has 88 valence electrons. The molecule has 1 heterocycles. The van der Waals surface area contributed by atoms with Crippen LogP contribution in [0.5, 0.6) is 0 Å². The second-order valence-corrected chi connectivity index (χ2v) is 3.82. The molecule has 0 radical (unpaired) electrons. The predicted octanol–water partition coefficient (Wildman–Crippen LogP) is 1.31. The number of nitrogens with one attached hydrogen (secondary N) is 2. The van der Waals surface area contributed by atoms with Gasteiger partial charge < -0.3 is 5.11 Å². The van der Waals surface area contributed by atoms with Gasteiger partial charge in [0.1, 0.15) is 0 Å². The summed E-state index contributed by atoms with van der Waals surface area (Å²) in [5.41, 5.74) is 2.24. The van der Waals surface area contributed by atoms with Crippen molar-refractivity contribution in [3.8, 4) is 11.3 Å². The van der Waals surface area contributed by atoms with Gasteiger partial charge in [-0.25, -0.2) is 0 Å². The molecule has 1 aromatic heterocycles. The maximum absolute atomic E-state index is 11.5. The normalized spacial score (nSPS) is 10.4. The lowest BCUT2D eigenvalue weighted by molar-refractivity contribution is -0.136. The summed E-state index contributed by atoms with van der Waals surface area (Å²) in [7, 11) is 0. The zero-order valence-corrected chi connectivity index (χ0v) is 9.28. The van der Waals surface area contributed by atoms with Crippen molar-refractivity contribution in [3.05, 3.63) is 45.7 Å². The van der Waals surface area contributed by atoms with Crippen LogP contribution in [0.4, 0.5) is 0 Å². The van der Waals surface area contributed by atoms with Gasteiger partial charge in [-0.3, -0.25) is 19.8 Å². The number of H-pyrrole nitrogens is 2. The van der Waals surface area contributed by atoms with Crippen molar-refractivity contribution in [2.45, 2.75) is 13.3 Å². The Bertz CT molecular complexity index is 610.